The van der Waals surface area contributed by atoms with Crippen LogP contribution in [-0.2, 0) is 17.9 Å². The molecule has 23 heavy (non-hydrogen) atoms. The number of nitrogens with one attached hydrogen (secondary N) is 1. The zero-order valence-corrected chi connectivity index (χ0v) is 13.8. The lowest BCUT2D eigenvalue weighted by Gasteiger charge is -2.30. The average molecular weight is 316 g/mol. The molecule has 1 saturated heterocycles. The minimum absolute atomic E-state index is 0.132. The van der Waals surface area contributed by atoms with Crippen LogP contribution in [0, 0.1) is 5.92 Å². The molecular weight excluding hydrogens is 288 g/mol. The van der Waals surface area contributed by atoms with Crippen molar-refractivity contribution < 1.29 is 9.90 Å². The second-order valence-corrected chi connectivity index (χ2v) is 6.98. The lowest BCUT2D eigenvalue weighted by atomic mass is 10.0. The molecule has 2 aliphatic rings. The number of likely N-dealkylation sites (tertiary alicyclic amines) is 1. The Kier molecular flexibility index (Phi) is 5.68. The van der Waals surface area contributed by atoms with Crippen LogP contribution in [0.5, 0.6) is 0 Å². The number of benzene rings is 1. The maximum atomic E-state index is 12.2. The summed E-state index contributed by atoms with van der Waals surface area (Å²) in [4.78, 5) is 14.6. The molecule has 1 amide bonds. The van der Waals surface area contributed by atoms with Gasteiger partial charge in [0, 0.05) is 32.1 Å². The van der Waals surface area contributed by atoms with E-state index < -0.39 is 0 Å². The minimum Gasteiger partial charge on any atom is -0.393 e. The van der Waals surface area contributed by atoms with Gasteiger partial charge >= 0.3 is 0 Å². The van der Waals surface area contributed by atoms with Crippen molar-refractivity contribution in [1.82, 2.24) is 10.2 Å². The Morgan fingerprint density at radius 3 is 2.43 bits per heavy atom. The van der Waals surface area contributed by atoms with Crippen molar-refractivity contribution in [1.29, 1.82) is 0 Å². The molecule has 2 fully saturated rings. The van der Waals surface area contributed by atoms with Gasteiger partial charge in [0.25, 0.3) is 0 Å². The standard InChI is InChI=1S/C19H28N2O2/c22-18-9-11-21(12-10-18)14-17-8-4-3-7-16(17)13-20-19(23)15-5-1-2-6-15/h3-4,7-8,15,18,22H,1-2,5-6,9-14H2,(H,20,23). The Morgan fingerprint density at radius 1 is 1.09 bits per heavy atom. The summed E-state index contributed by atoms with van der Waals surface area (Å²) >= 11 is 0. The fourth-order valence-electron chi connectivity index (χ4n) is 3.72. The first-order chi connectivity index (χ1) is 11.2. The van der Waals surface area contributed by atoms with Gasteiger partial charge in [-0.25, -0.2) is 0 Å². The third-order valence-corrected chi connectivity index (χ3v) is 5.25. The molecule has 1 heterocycles. The van der Waals surface area contributed by atoms with Crippen LogP contribution in [0.1, 0.15) is 49.7 Å². The van der Waals surface area contributed by atoms with Crippen LogP contribution in [0.4, 0.5) is 0 Å². The molecule has 126 valence electrons. The highest BCUT2D eigenvalue weighted by Crippen LogP contribution is 2.25. The molecule has 0 aromatic heterocycles. The Balaban J connectivity index is 1.55. The van der Waals surface area contributed by atoms with Gasteiger partial charge in [-0.15, -0.1) is 0 Å². The fraction of sp³-hybridized carbons (Fsp3) is 0.632. The first-order valence-corrected chi connectivity index (χ1v) is 8.97. The number of nitrogens with zero attached hydrogens (tertiary/aromatic N) is 1. The molecule has 0 unspecified atom stereocenters. The van der Waals surface area contributed by atoms with E-state index in [1.165, 1.54) is 24.0 Å². The molecule has 1 saturated carbocycles. The third kappa shape index (κ3) is 4.55. The van der Waals surface area contributed by atoms with Gasteiger partial charge in [0.2, 0.25) is 5.91 Å². The van der Waals surface area contributed by atoms with Crippen molar-refractivity contribution in [3.05, 3.63) is 35.4 Å². The first kappa shape index (κ1) is 16.5. The quantitative estimate of drug-likeness (QED) is 0.877. The predicted octanol–water partition coefficient (Wildman–Crippen LogP) is 2.45. The molecular formula is C19H28N2O2. The molecule has 0 radical (unpaired) electrons. The molecule has 2 N–H and O–H groups in total. The van der Waals surface area contributed by atoms with Gasteiger partial charge in [0.1, 0.15) is 0 Å². The van der Waals surface area contributed by atoms with E-state index in [2.05, 4.69) is 28.4 Å². The second-order valence-electron chi connectivity index (χ2n) is 6.98. The van der Waals surface area contributed by atoms with E-state index in [0.717, 1.165) is 45.3 Å². The Bertz CT molecular complexity index is 518. The van der Waals surface area contributed by atoms with Crippen molar-refractivity contribution in [2.75, 3.05) is 13.1 Å². The summed E-state index contributed by atoms with van der Waals surface area (Å²) in [6.45, 7) is 3.43. The van der Waals surface area contributed by atoms with E-state index in [0.29, 0.717) is 6.54 Å². The number of aliphatic hydroxyl groups is 1. The van der Waals surface area contributed by atoms with Crippen molar-refractivity contribution in [2.45, 2.75) is 57.7 Å². The number of carbonyl (C=O) groups is 1. The molecule has 0 atom stereocenters. The van der Waals surface area contributed by atoms with E-state index in [9.17, 15) is 9.90 Å². The highest BCUT2D eigenvalue weighted by molar-refractivity contribution is 5.78. The molecule has 3 rings (SSSR count). The molecule has 0 bridgehead atoms. The smallest absolute Gasteiger partial charge is 0.223 e. The highest BCUT2D eigenvalue weighted by Gasteiger charge is 2.22. The number of aliphatic hydroxyl groups excluding tert-OH is 1. The van der Waals surface area contributed by atoms with Crippen LogP contribution in [0.3, 0.4) is 0 Å². The number of carbonyl (C=O) groups excluding carboxylic acids is 1. The van der Waals surface area contributed by atoms with Crippen molar-refractivity contribution in [3.63, 3.8) is 0 Å². The zero-order valence-electron chi connectivity index (χ0n) is 13.8. The molecule has 4 heteroatoms. The van der Waals surface area contributed by atoms with Crippen LogP contribution < -0.4 is 5.32 Å². The Hall–Kier alpha value is -1.39. The summed E-state index contributed by atoms with van der Waals surface area (Å²) in [6.07, 6.45) is 6.06. The van der Waals surface area contributed by atoms with E-state index in [-0.39, 0.29) is 17.9 Å². The predicted molar refractivity (Wildman–Crippen MR) is 90.8 cm³/mol. The minimum atomic E-state index is -0.132. The van der Waals surface area contributed by atoms with Crippen LogP contribution in [0.15, 0.2) is 24.3 Å². The fourth-order valence-corrected chi connectivity index (χ4v) is 3.72. The van der Waals surface area contributed by atoms with Gasteiger partial charge < -0.3 is 10.4 Å². The summed E-state index contributed by atoms with van der Waals surface area (Å²) in [5, 5.41) is 12.8. The van der Waals surface area contributed by atoms with Gasteiger partial charge in [-0.3, -0.25) is 9.69 Å². The number of rotatable bonds is 5. The largest absolute Gasteiger partial charge is 0.393 e. The van der Waals surface area contributed by atoms with Gasteiger partial charge in [0.15, 0.2) is 0 Å². The maximum Gasteiger partial charge on any atom is 0.223 e. The first-order valence-electron chi connectivity index (χ1n) is 8.97. The number of hydrogen-bond acceptors (Lipinski definition) is 3. The van der Waals surface area contributed by atoms with Gasteiger partial charge in [-0.05, 0) is 36.8 Å². The third-order valence-electron chi connectivity index (χ3n) is 5.25. The normalized spacial score (nSPS) is 20.7. The summed E-state index contributed by atoms with van der Waals surface area (Å²) < 4.78 is 0. The molecule has 1 aromatic rings. The Labute approximate surface area is 138 Å². The molecule has 4 nitrogen and oxygen atoms in total. The SMILES string of the molecule is O=C(NCc1ccccc1CN1CCC(O)CC1)C1CCCC1. The zero-order chi connectivity index (χ0) is 16.1. The maximum absolute atomic E-state index is 12.2. The topological polar surface area (TPSA) is 52.6 Å². The number of amides is 1. The number of piperidine rings is 1. The monoisotopic (exact) mass is 316 g/mol. The summed E-state index contributed by atoms with van der Waals surface area (Å²) in [5.41, 5.74) is 2.50. The van der Waals surface area contributed by atoms with Gasteiger partial charge in [-0.2, -0.15) is 0 Å². The lowest BCUT2D eigenvalue weighted by Crippen LogP contribution is -2.35. The van der Waals surface area contributed by atoms with Crippen molar-refractivity contribution in [3.8, 4) is 0 Å². The number of hydrogen-bond donors (Lipinski definition) is 2. The molecule has 1 aliphatic heterocycles. The van der Waals surface area contributed by atoms with Gasteiger partial charge in [0.05, 0.1) is 6.10 Å². The van der Waals surface area contributed by atoms with E-state index in [1.54, 1.807) is 0 Å². The van der Waals surface area contributed by atoms with Crippen LogP contribution in [0.25, 0.3) is 0 Å². The highest BCUT2D eigenvalue weighted by atomic mass is 16.3. The van der Waals surface area contributed by atoms with Gasteiger partial charge in [-0.1, -0.05) is 37.1 Å². The van der Waals surface area contributed by atoms with Crippen LogP contribution >= 0.6 is 0 Å². The van der Waals surface area contributed by atoms with Crippen molar-refractivity contribution in [2.24, 2.45) is 5.92 Å². The van der Waals surface area contributed by atoms with Crippen molar-refractivity contribution >= 4 is 5.91 Å². The lowest BCUT2D eigenvalue weighted by molar-refractivity contribution is -0.124. The average Bonchev–Trinajstić information content (AvgIpc) is 3.10. The molecule has 0 spiro atoms. The molecule has 1 aliphatic carbocycles. The Morgan fingerprint density at radius 2 is 1.74 bits per heavy atom. The van der Waals surface area contributed by atoms with Crippen LogP contribution in [0.2, 0.25) is 0 Å². The summed E-state index contributed by atoms with van der Waals surface area (Å²) in [5.74, 6) is 0.448. The van der Waals surface area contributed by atoms with E-state index in [4.69, 9.17) is 0 Å². The summed E-state index contributed by atoms with van der Waals surface area (Å²) in [7, 11) is 0. The van der Waals surface area contributed by atoms with E-state index in [1.807, 2.05) is 6.07 Å². The second kappa shape index (κ2) is 7.93. The summed E-state index contributed by atoms with van der Waals surface area (Å²) in [6, 6.07) is 8.38. The van der Waals surface area contributed by atoms with E-state index >= 15 is 0 Å². The van der Waals surface area contributed by atoms with Crippen LogP contribution in [-0.4, -0.2) is 35.1 Å². The molecule has 1 aromatic carbocycles.